The van der Waals surface area contributed by atoms with Crippen molar-refractivity contribution >= 4 is 5.96 Å². The second kappa shape index (κ2) is 10.2. The van der Waals surface area contributed by atoms with Crippen LogP contribution < -0.4 is 15.4 Å². The number of oxazole rings is 1. The van der Waals surface area contributed by atoms with Crippen LogP contribution in [0.2, 0.25) is 0 Å². The fraction of sp³-hybridized carbons (Fsp3) is 0.545. The van der Waals surface area contributed by atoms with Crippen molar-refractivity contribution in [2.75, 3.05) is 13.2 Å². The number of hydrogen-bond acceptors (Lipinski definition) is 4. The number of aliphatic imine (C=N–C) groups is 1. The van der Waals surface area contributed by atoms with Crippen LogP contribution in [0, 0.1) is 5.92 Å². The predicted octanol–water partition coefficient (Wildman–Crippen LogP) is 4.26. The van der Waals surface area contributed by atoms with Crippen molar-refractivity contribution in [3.63, 3.8) is 0 Å². The van der Waals surface area contributed by atoms with Gasteiger partial charge in [-0.3, -0.25) is 0 Å². The van der Waals surface area contributed by atoms with E-state index in [1.807, 2.05) is 31.2 Å². The lowest BCUT2D eigenvalue weighted by molar-refractivity contribution is 0.271. The molecule has 6 heteroatoms. The number of guanidine groups is 1. The average molecular weight is 387 g/mol. The minimum Gasteiger partial charge on any atom is -0.493 e. The van der Waals surface area contributed by atoms with E-state index in [4.69, 9.17) is 9.15 Å². The summed E-state index contributed by atoms with van der Waals surface area (Å²) in [6.07, 6.45) is 1.80. The van der Waals surface area contributed by atoms with E-state index >= 15 is 0 Å². The molecule has 28 heavy (non-hydrogen) atoms. The number of nitrogens with zero attached hydrogens (tertiary/aromatic N) is 2. The van der Waals surface area contributed by atoms with Gasteiger partial charge in [0.1, 0.15) is 11.5 Å². The maximum absolute atomic E-state index is 5.82. The molecule has 2 aromatic rings. The van der Waals surface area contributed by atoms with E-state index in [0.717, 1.165) is 36.2 Å². The first-order valence-corrected chi connectivity index (χ1v) is 9.97. The Labute approximate surface area is 168 Å². The average Bonchev–Trinajstić information content (AvgIpc) is 3.12. The summed E-state index contributed by atoms with van der Waals surface area (Å²) in [5, 5.41) is 6.52. The summed E-state index contributed by atoms with van der Waals surface area (Å²) < 4.78 is 11.5. The molecule has 1 heterocycles. The van der Waals surface area contributed by atoms with Gasteiger partial charge in [-0.1, -0.05) is 46.8 Å². The largest absolute Gasteiger partial charge is 0.493 e. The van der Waals surface area contributed by atoms with Gasteiger partial charge in [-0.15, -0.1) is 0 Å². The zero-order chi connectivity index (χ0) is 20.6. The molecule has 0 fully saturated rings. The van der Waals surface area contributed by atoms with Crippen LogP contribution in [0.3, 0.4) is 0 Å². The van der Waals surface area contributed by atoms with Crippen LogP contribution in [0.25, 0.3) is 0 Å². The van der Waals surface area contributed by atoms with E-state index in [1.54, 1.807) is 6.20 Å². The summed E-state index contributed by atoms with van der Waals surface area (Å²) >= 11 is 0. The molecule has 0 aliphatic heterocycles. The van der Waals surface area contributed by atoms with Crippen LogP contribution in [0.15, 0.2) is 39.9 Å². The number of rotatable bonds is 8. The van der Waals surface area contributed by atoms with Crippen LogP contribution in [0.4, 0.5) is 0 Å². The maximum Gasteiger partial charge on any atom is 0.213 e. The monoisotopic (exact) mass is 386 g/mol. The Kier molecular flexibility index (Phi) is 7.91. The van der Waals surface area contributed by atoms with Gasteiger partial charge in [0, 0.05) is 12.0 Å². The Hall–Kier alpha value is -2.50. The molecular formula is C22H34N4O2. The molecule has 0 saturated carbocycles. The third-order valence-corrected chi connectivity index (χ3v) is 3.97. The molecule has 0 unspecified atom stereocenters. The number of nitrogens with one attached hydrogen (secondary N) is 2. The summed E-state index contributed by atoms with van der Waals surface area (Å²) in [7, 11) is 0. The molecule has 1 aromatic carbocycles. The molecular weight excluding hydrogens is 352 g/mol. The Bertz CT molecular complexity index is 743. The molecule has 6 nitrogen and oxygen atoms in total. The topological polar surface area (TPSA) is 71.7 Å². The van der Waals surface area contributed by atoms with E-state index in [2.05, 4.69) is 55.2 Å². The number of hydrogen-bond donors (Lipinski definition) is 2. The van der Waals surface area contributed by atoms with Gasteiger partial charge in [-0.05, 0) is 30.5 Å². The van der Waals surface area contributed by atoms with E-state index in [1.165, 1.54) is 0 Å². The van der Waals surface area contributed by atoms with Crippen LogP contribution in [0.5, 0.6) is 5.75 Å². The Morgan fingerprint density at radius 1 is 1.18 bits per heavy atom. The third kappa shape index (κ3) is 7.25. The summed E-state index contributed by atoms with van der Waals surface area (Å²) in [4.78, 5) is 8.99. The van der Waals surface area contributed by atoms with Gasteiger partial charge in [0.05, 0.1) is 25.9 Å². The van der Waals surface area contributed by atoms with Crippen LogP contribution >= 0.6 is 0 Å². The van der Waals surface area contributed by atoms with E-state index in [0.29, 0.717) is 24.9 Å². The van der Waals surface area contributed by atoms with Gasteiger partial charge in [0.25, 0.3) is 0 Å². The zero-order valence-corrected chi connectivity index (χ0v) is 18.0. The van der Waals surface area contributed by atoms with E-state index in [9.17, 15) is 0 Å². The molecule has 0 spiro atoms. The molecule has 0 bridgehead atoms. The maximum atomic E-state index is 5.82. The molecule has 0 amide bonds. The summed E-state index contributed by atoms with van der Waals surface area (Å²) in [6.45, 7) is 15.2. The predicted molar refractivity (Wildman–Crippen MR) is 114 cm³/mol. The summed E-state index contributed by atoms with van der Waals surface area (Å²) in [5.74, 6) is 3.68. The van der Waals surface area contributed by atoms with Crippen molar-refractivity contribution in [1.29, 1.82) is 0 Å². The van der Waals surface area contributed by atoms with Crippen molar-refractivity contribution in [2.24, 2.45) is 10.9 Å². The summed E-state index contributed by atoms with van der Waals surface area (Å²) in [6, 6.07) is 8.08. The molecule has 0 aliphatic rings. The Morgan fingerprint density at radius 2 is 1.89 bits per heavy atom. The lowest BCUT2D eigenvalue weighted by Crippen LogP contribution is -2.36. The van der Waals surface area contributed by atoms with Gasteiger partial charge in [0.15, 0.2) is 5.96 Å². The molecule has 0 saturated heterocycles. The molecule has 2 N–H and O–H groups in total. The first kappa shape index (κ1) is 21.8. The quantitative estimate of drug-likeness (QED) is 0.524. The molecule has 1 aromatic heterocycles. The van der Waals surface area contributed by atoms with Gasteiger partial charge in [0.2, 0.25) is 5.89 Å². The number of benzene rings is 1. The van der Waals surface area contributed by atoms with Crippen molar-refractivity contribution in [2.45, 2.75) is 60.0 Å². The molecule has 2 rings (SSSR count). The van der Waals surface area contributed by atoms with Gasteiger partial charge in [-0.2, -0.15) is 0 Å². The van der Waals surface area contributed by atoms with Gasteiger partial charge >= 0.3 is 0 Å². The first-order valence-electron chi connectivity index (χ1n) is 9.97. The van der Waals surface area contributed by atoms with Crippen LogP contribution in [-0.2, 0) is 18.5 Å². The molecule has 0 radical (unpaired) electrons. The Balaban J connectivity index is 1.91. The number of aromatic nitrogens is 1. The van der Waals surface area contributed by atoms with E-state index < -0.39 is 0 Å². The minimum atomic E-state index is -0.0467. The molecule has 0 aliphatic carbocycles. The fourth-order valence-electron chi connectivity index (χ4n) is 2.36. The smallest absolute Gasteiger partial charge is 0.213 e. The molecule has 154 valence electrons. The third-order valence-electron chi connectivity index (χ3n) is 3.97. The highest BCUT2D eigenvalue weighted by molar-refractivity contribution is 5.79. The lowest BCUT2D eigenvalue weighted by Gasteiger charge is -2.13. The lowest BCUT2D eigenvalue weighted by atomic mass is 9.94. The van der Waals surface area contributed by atoms with Crippen molar-refractivity contribution in [3.8, 4) is 5.75 Å². The fourth-order valence-corrected chi connectivity index (χ4v) is 2.36. The minimum absolute atomic E-state index is 0.0467. The zero-order valence-electron chi connectivity index (χ0n) is 18.0. The number of ether oxygens (including phenoxy) is 1. The highest BCUT2D eigenvalue weighted by atomic mass is 16.5. The van der Waals surface area contributed by atoms with Gasteiger partial charge < -0.3 is 19.8 Å². The van der Waals surface area contributed by atoms with Crippen LogP contribution in [-0.4, -0.2) is 24.1 Å². The normalized spacial score (nSPS) is 12.3. The van der Waals surface area contributed by atoms with E-state index in [-0.39, 0.29) is 5.41 Å². The Morgan fingerprint density at radius 3 is 2.46 bits per heavy atom. The van der Waals surface area contributed by atoms with Gasteiger partial charge in [-0.25, -0.2) is 9.98 Å². The van der Waals surface area contributed by atoms with Crippen molar-refractivity contribution in [1.82, 2.24) is 15.6 Å². The SMILES string of the molecule is CCNC(=NCc1ccc(OCC(C)C)cc1)NCc1ncc(C(C)(C)C)o1. The standard InChI is InChI=1S/C22H34N4O2/c1-7-23-21(26-14-20-24-13-19(28-20)22(4,5)6)25-12-17-8-10-18(11-9-17)27-15-16(2)3/h8-11,13,16H,7,12,14-15H2,1-6H3,(H2,23,25,26). The van der Waals surface area contributed by atoms with Crippen molar-refractivity contribution in [3.05, 3.63) is 47.7 Å². The van der Waals surface area contributed by atoms with Crippen LogP contribution in [0.1, 0.15) is 58.8 Å². The first-order chi connectivity index (χ1) is 13.3. The highest BCUT2D eigenvalue weighted by Crippen LogP contribution is 2.22. The van der Waals surface area contributed by atoms with Crippen molar-refractivity contribution < 1.29 is 9.15 Å². The second-order valence-corrected chi connectivity index (χ2v) is 8.27. The highest BCUT2D eigenvalue weighted by Gasteiger charge is 2.19. The second-order valence-electron chi connectivity index (χ2n) is 8.27. The summed E-state index contributed by atoms with van der Waals surface area (Å²) in [5.41, 5.74) is 1.08. The molecule has 0 atom stereocenters.